The maximum atomic E-state index is 14.6. The summed E-state index contributed by atoms with van der Waals surface area (Å²) in [4.78, 5) is 0.0716. The molecule has 5 heteroatoms. The van der Waals surface area contributed by atoms with Crippen molar-refractivity contribution >= 4 is 17.9 Å². The second-order valence-electron chi connectivity index (χ2n) is 6.15. The van der Waals surface area contributed by atoms with Crippen molar-refractivity contribution in [3.63, 3.8) is 0 Å². The van der Waals surface area contributed by atoms with E-state index in [1.165, 1.54) is 12.1 Å². The van der Waals surface area contributed by atoms with Gasteiger partial charge in [-0.1, -0.05) is 52.1 Å². The normalized spacial score (nSPS) is 15.4. The van der Waals surface area contributed by atoms with E-state index in [0.717, 1.165) is 0 Å². The Kier molecular flexibility index (Phi) is 4.08. The Bertz CT molecular complexity index is 504. The van der Waals surface area contributed by atoms with E-state index in [9.17, 15) is 12.8 Å². The van der Waals surface area contributed by atoms with Gasteiger partial charge in [-0.15, -0.1) is 0 Å². The van der Waals surface area contributed by atoms with Crippen LogP contribution in [-0.4, -0.2) is 21.6 Å². The minimum absolute atomic E-state index is 0.0716. The lowest BCUT2D eigenvalue weighted by Gasteiger charge is -2.38. The smallest absolute Gasteiger partial charge is 0.206 e. The number of benzene rings is 1. The van der Waals surface area contributed by atoms with Gasteiger partial charge in [0.25, 0.3) is 0 Å². The average Bonchev–Trinajstić information content (AvgIpc) is 2.27. The summed E-state index contributed by atoms with van der Waals surface area (Å²) < 4.78 is 39.2. The predicted octanol–water partition coefficient (Wildman–Crippen LogP) is 3.80. The molecule has 0 saturated carbocycles. The van der Waals surface area contributed by atoms with Gasteiger partial charge < -0.3 is 0 Å². The topological polar surface area (TPSA) is 34.1 Å². The molecule has 1 aromatic rings. The zero-order chi connectivity index (χ0) is 14.2. The molecule has 0 bridgehead atoms. The second kappa shape index (κ2) is 4.77. The standard InChI is InChI=1S/C13H21FO2SSi/c1-13(2,3)18(4,5)12(14)17(15,16)11-9-7-6-8-10-11/h6-10,12H,1-5H3. The average molecular weight is 288 g/mol. The van der Waals surface area contributed by atoms with E-state index in [2.05, 4.69) is 0 Å². The third-order valence-corrected chi connectivity index (χ3v) is 13.0. The van der Waals surface area contributed by atoms with Crippen molar-refractivity contribution in [1.82, 2.24) is 0 Å². The minimum atomic E-state index is -3.88. The van der Waals surface area contributed by atoms with E-state index in [1.807, 2.05) is 20.8 Å². The van der Waals surface area contributed by atoms with Gasteiger partial charge in [0.2, 0.25) is 9.84 Å². The molecule has 0 saturated heterocycles. The van der Waals surface area contributed by atoms with E-state index in [4.69, 9.17) is 0 Å². The molecular formula is C13H21FO2SSi. The fraction of sp³-hybridized carbons (Fsp3) is 0.538. The maximum absolute atomic E-state index is 14.6. The highest BCUT2D eigenvalue weighted by molar-refractivity contribution is 7.93. The molecule has 0 fully saturated rings. The van der Waals surface area contributed by atoms with Crippen molar-refractivity contribution in [2.75, 3.05) is 0 Å². The quantitative estimate of drug-likeness (QED) is 0.793. The molecule has 1 unspecified atom stereocenters. The van der Waals surface area contributed by atoms with Crippen LogP contribution in [0.5, 0.6) is 0 Å². The second-order valence-corrected chi connectivity index (χ2v) is 14.0. The molecule has 0 aliphatic heterocycles. The van der Waals surface area contributed by atoms with E-state index in [1.54, 1.807) is 31.3 Å². The molecule has 1 aromatic carbocycles. The molecule has 0 aromatic heterocycles. The molecule has 0 spiro atoms. The van der Waals surface area contributed by atoms with Crippen molar-refractivity contribution in [3.8, 4) is 0 Å². The molecule has 0 aliphatic carbocycles. The maximum Gasteiger partial charge on any atom is 0.206 e. The summed E-state index contributed by atoms with van der Waals surface area (Å²) in [6, 6.07) is 7.86. The van der Waals surface area contributed by atoms with Gasteiger partial charge in [-0.3, -0.25) is 0 Å². The third-order valence-electron chi connectivity index (χ3n) is 3.84. The van der Waals surface area contributed by atoms with E-state index in [0.29, 0.717) is 0 Å². The van der Waals surface area contributed by atoms with Gasteiger partial charge in [0.1, 0.15) is 8.07 Å². The summed E-state index contributed by atoms with van der Waals surface area (Å²) >= 11 is 0. The van der Waals surface area contributed by atoms with Crippen molar-refractivity contribution in [3.05, 3.63) is 30.3 Å². The summed E-state index contributed by atoms with van der Waals surface area (Å²) in [6.45, 7) is 9.31. The van der Waals surface area contributed by atoms with Crippen LogP contribution in [-0.2, 0) is 9.84 Å². The summed E-state index contributed by atoms with van der Waals surface area (Å²) in [5.74, 6) is 0. The molecule has 102 valence electrons. The van der Waals surface area contributed by atoms with Gasteiger partial charge in [0.05, 0.1) is 4.90 Å². The minimum Gasteiger partial charge on any atom is -0.234 e. The highest BCUT2D eigenvalue weighted by Crippen LogP contribution is 2.42. The van der Waals surface area contributed by atoms with Crippen LogP contribution in [0.25, 0.3) is 0 Å². The SMILES string of the molecule is CC(C)(C)[Si](C)(C)C(F)S(=O)(=O)c1ccccc1. The first kappa shape index (κ1) is 15.4. The predicted molar refractivity (Wildman–Crippen MR) is 75.7 cm³/mol. The lowest BCUT2D eigenvalue weighted by molar-refractivity contribution is 0.477. The van der Waals surface area contributed by atoms with Crippen LogP contribution in [0.15, 0.2) is 35.2 Å². The lowest BCUT2D eigenvalue weighted by atomic mass is 10.2. The molecule has 18 heavy (non-hydrogen) atoms. The number of hydrogen-bond acceptors (Lipinski definition) is 2. The van der Waals surface area contributed by atoms with E-state index >= 15 is 0 Å². The van der Waals surface area contributed by atoms with Crippen molar-refractivity contribution < 1.29 is 12.8 Å². The van der Waals surface area contributed by atoms with Crippen molar-refractivity contribution in [2.45, 2.75) is 48.9 Å². The Morgan fingerprint density at radius 3 is 1.94 bits per heavy atom. The number of alkyl halides is 1. The van der Waals surface area contributed by atoms with E-state index < -0.39 is 23.0 Å². The molecule has 0 N–H and O–H groups in total. The van der Waals surface area contributed by atoms with Crippen LogP contribution in [0.2, 0.25) is 18.1 Å². The van der Waals surface area contributed by atoms with Crippen molar-refractivity contribution in [2.24, 2.45) is 0 Å². The van der Waals surface area contributed by atoms with Gasteiger partial charge in [-0.2, -0.15) is 0 Å². The van der Waals surface area contributed by atoms with Gasteiger partial charge in [-0.05, 0) is 17.2 Å². The summed E-state index contributed by atoms with van der Waals surface area (Å²) in [5, 5.41) is -2.10. The Morgan fingerprint density at radius 2 is 1.56 bits per heavy atom. The highest BCUT2D eigenvalue weighted by Gasteiger charge is 2.49. The Balaban J connectivity index is 3.24. The van der Waals surface area contributed by atoms with Crippen LogP contribution in [0.4, 0.5) is 4.39 Å². The van der Waals surface area contributed by atoms with Crippen LogP contribution in [0.1, 0.15) is 20.8 Å². The monoisotopic (exact) mass is 288 g/mol. The van der Waals surface area contributed by atoms with Gasteiger partial charge in [-0.25, -0.2) is 12.8 Å². The Labute approximate surface area is 110 Å². The summed E-state index contributed by atoms with van der Waals surface area (Å²) in [6.07, 6.45) is 0. The first-order valence-electron chi connectivity index (χ1n) is 5.94. The molecular weight excluding hydrogens is 267 g/mol. The summed E-state index contributed by atoms with van der Waals surface area (Å²) in [7, 11) is -6.47. The van der Waals surface area contributed by atoms with Crippen LogP contribution >= 0.6 is 0 Å². The zero-order valence-electron chi connectivity index (χ0n) is 11.6. The molecule has 2 nitrogen and oxygen atoms in total. The first-order chi connectivity index (χ1) is 8.01. The third kappa shape index (κ3) is 2.67. The lowest BCUT2D eigenvalue weighted by Crippen LogP contribution is -2.50. The molecule has 0 amide bonds. The van der Waals surface area contributed by atoms with Crippen LogP contribution < -0.4 is 0 Å². The number of hydrogen-bond donors (Lipinski definition) is 0. The Hall–Kier alpha value is -0.683. The molecule has 0 aliphatic rings. The first-order valence-corrected chi connectivity index (χ1v) is 10.6. The number of sulfone groups is 1. The summed E-state index contributed by atoms with van der Waals surface area (Å²) in [5.41, 5.74) is 0. The fourth-order valence-electron chi connectivity index (χ4n) is 1.46. The number of halogens is 1. The zero-order valence-corrected chi connectivity index (χ0v) is 13.4. The molecule has 0 heterocycles. The molecule has 1 atom stereocenters. The van der Waals surface area contributed by atoms with Gasteiger partial charge >= 0.3 is 0 Å². The molecule has 0 radical (unpaired) electrons. The van der Waals surface area contributed by atoms with Crippen LogP contribution in [0, 0.1) is 0 Å². The van der Waals surface area contributed by atoms with Gasteiger partial charge in [0, 0.05) is 0 Å². The van der Waals surface area contributed by atoms with E-state index in [-0.39, 0.29) is 9.93 Å². The number of rotatable bonds is 3. The fourth-order valence-corrected chi connectivity index (χ4v) is 7.49. The largest absolute Gasteiger partial charge is 0.234 e. The molecule has 1 rings (SSSR count). The Morgan fingerprint density at radius 1 is 1.11 bits per heavy atom. The van der Waals surface area contributed by atoms with Gasteiger partial charge in [0.15, 0.2) is 5.13 Å². The van der Waals surface area contributed by atoms with Crippen LogP contribution in [0.3, 0.4) is 0 Å². The van der Waals surface area contributed by atoms with Crippen molar-refractivity contribution in [1.29, 1.82) is 0 Å². The highest BCUT2D eigenvalue weighted by atomic mass is 32.2.